The molecule has 4 rings (SSSR count). The highest BCUT2D eigenvalue weighted by Crippen LogP contribution is 2.43. The highest BCUT2D eigenvalue weighted by Gasteiger charge is 2.47. The fraction of sp³-hybridized carbons (Fsp3) is 0.263. The van der Waals surface area contributed by atoms with Crippen LogP contribution in [0.2, 0.25) is 0 Å². The number of piperidine rings is 1. The van der Waals surface area contributed by atoms with Crippen LogP contribution in [0.1, 0.15) is 39.9 Å². The molecule has 4 N–H and O–H groups in total. The topological polar surface area (TPSA) is 90.5 Å². The smallest absolute Gasteiger partial charge is 0.335 e. The molecule has 26 heavy (non-hydrogen) atoms. The lowest BCUT2D eigenvalue weighted by Crippen LogP contribution is -2.52. The van der Waals surface area contributed by atoms with Crippen molar-refractivity contribution in [1.82, 2.24) is 16.2 Å². The predicted octanol–water partition coefficient (Wildman–Crippen LogP) is 1.92. The number of hydrazine groups is 1. The minimum absolute atomic E-state index is 0.112. The molecule has 2 aliphatic rings. The first-order chi connectivity index (χ1) is 12.5. The first kappa shape index (κ1) is 16.7. The molecule has 134 valence electrons. The van der Waals surface area contributed by atoms with Crippen LogP contribution in [0.25, 0.3) is 0 Å². The van der Waals surface area contributed by atoms with E-state index in [9.17, 15) is 19.1 Å². The van der Waals surface area contributed by atoms with Crippen LogP contribution >= 0.6 is 0 Å². The van der Waals surface area contributed by atoms with Gasteiger partial charge in [0.15, 0.2) is 0 Å². The van der Waals surface area contributed by atoms with Crippen molar-refractivity contribution in [3.63, 3.8) is 0 Å². The summed E-state index contributed by atoms with van der Waals surface area (Å²) in [5.41, 5.74) is 7.97. The average Bonchev–Trinajstić information content (AvgIpc) is 3.05. The van der Waals surface area contributed by atoms with Gasteiger partial charge in [0.05, 0.1) is 17.8 Å². The minimum atomic E-state index is -1.01. The van der Waals surface area contributed by atoms with Crippen molar-refractivity contribution < 1.29 is 19.1 Å². The Morgan fingerprint density at radius 2 is 1.81 bits per heavy atom. The molecule has 2 saturated heterocycles. The minimum Gasteiger partial charge on any atom is -0.478 e. The molecule has 2 fully saturated rings. The molecule has 0 saturated carbocycles. The van der Waals surface area contributed by atoms with Crippen molar-refractivity contribution in [3.05, 3.63) is 71.0 Å². The van der Waals surface area contributed by atoms with Crippen LogP contribution in [-0.2, 0) is 4.79 Å². The van der Waals surface area contributed by atoms with Crippen molar-refractivity contribution >= 4 is 11.9 Å². The van der Waals surface area contributed by atoms with Gasteiger partial charge in [0.25, 0.3) is 0 Å². The molecule has 2 aliphatic heterocycles. The zero-order valence-corrected chi connectivity index (χ0v) is 13.8. The number of fused-ring (bicyclic) bond motifs is 1. The Hall–Kier alpha value is -2.77. The summed E-state index contributed by atoms with van der Waals surface area (Å²) in [5, 5.41) is 12.4. The Bertz CT molecular complexity index is 855. The molecule has 2 heterocycles. The number of carboxylic acid groups (broad SMARTS) is 1. The maximum Gasteiger partial charge on any atom is 0.335 e. The van der Waals surface area contributed by atoms with E-state index in [0.29, 0.717) is 5.56 Å². The third kappa shape index (κ3) is 2.85. The molecule has 0 aliphatic carbocycles. The van der Waals surface area contributed by atoms with E-state index in [1.54, 1.807) is 36.4 Å². The van der Waals surface area contributed by atoms with E-state index in [1.807, 2.05) is 0 Å². The average molecular weight is 355 g/mol. The summed E-state index contributed by atoms with van der Waals surface area (Å²) in [6.07, 6.45) is -0.134. The number of hydrogen-bond acceptors (Lipinski definition) is 4. The first-order valence-electron chi connectivity index (χ1n) is 8.42. The maximum atomic E-state index is 13.3. The third-order valence-electron chi connectivity index (χ3n) is 5.17. The van der Waals surface area contributed by atoms with Gasteiger partial charge in [-0.2, -0.15) is 0 Å². The van der Waals surface area contributed by atoms with Gasteiger partial charge in [0.2, 0.25) is 5.91 Å². The van der Waals surface area contributed by atoms with Gasteiger partial charge in [-0.25, -0.2) is 20.0 Å². The molecule has 0 aromatic heterocycles. The number of carboxylic acids is 1. The highest BCUT2D eigenvalue weighted by atomic mass is 19.1. The van der Waals surface area contributed by atoms with Gasteiger partial charge >= 0.3 is 5.97 Å². The number of carbonyl (C=O) groups excluding carboxylic acids is 1. The highest BCUT2D eigenvalue weighted by molar-refractivity contribution is 5.90. The van der Waals surface area contributed by atoms with E-state index in [0.717, 1.165) is 5.56 Å². The Kier molecular flexibility index (Phi) is 4.18. The Balaban J connectivity index is 1.76. The van der Waals surface area contributed by atoms with Crippen LogP contribution in [0.15, 0.2) is 48.5 Å². The predicted molar refractivity (Wildman–Crippen MR) is 91.6 cm³/mol. The normalized spacial score (nSPS) is 27.7. The van der Waals surface area contributed by atoms with Gasteiger partial charge in [0.1, 0.15) is 5.82 Å². The molecule has 6 nitrogen and oxygen atoms in total. The van der Waals surface area contributed by atoms with Crippen molar-refractivity contribution in [1.29, 1.82) is 0 Å². The van der Waals surface area contributed by atoms with Gasteiger partial charge in [0, 0.05) is 18.3 Å². The molecule has 1 amide bonds. The number of rotatable bonds is 3. The van der Waals surface area contributed by atoms with E-state index in [-0.39, 0.29) is 47.8 Å². The van der Waals surface area contributed by atoms with Crippen LogP contribution in [0.3, 0.4) is 0 Å². The number of halogens is 1. The fourth-order valence-electron chi connectivity index (χ4n) is 4.04. The molecular formula is C19H18FN3O3. The molecule has 2 aromatic rings. The zero-order valence-electron chi connectivity index (χ0n) is 13.8. The van der Waals surface area contributed by atoms with Gasteiger partial charge in [-0.1, -0.05) is 30.3 Å². The summed E-state index contributed by atoms with van der Waals surface area (Å²) >= 11 is 0. The third-order valence-corrected chi connectivity index (χ3v) is 5.17. The molecule has 4 unspecified atom stereocenters. The lowest BCUT2D eigenvalue weighted by molar-refractivity contribution is -0.125. The summed E-state index contributed by atoms with van der Waals surface area (Å²) in [6.45, 7) is 0. The van der Waals surface area contributed by atoms with Crippen LogP contribution in [-0.4, -0.2) is 23.1 Å². The van der Waals surface area contributed by atoms with Gasteiger partial charge < -0.3 is 10.4 Å². The SMILES string of the molecule is O=C1CC(c2ccccc2C(=O)O)C2C(NNC2c2ccc(F)cc2)N1. The van der Waals surface area contributed by atoms with Crippen LogP contribution in [0.5, 0.6) is 0 Å². The molecule has 2 aromatic carbocycles. The molecule has 0 spiro atoms. The summed E-state index contributed by atoms with van der Waals surface area (Å²) in [4.78, 5) is 23.8. The lowest BCUT2D eigenvalue weighted by Gasteiger charge is -2.36. The van der Waals surface area contributed by atoms with Crippen LogP contribution < -0.4 is 16.2 Å². The number of benzene rings is 2. The number of amides is 1. The first-order valence-corrected chi connectivity index (χ1v) is 8.42. The number of carbonyl (C=O) groups is 2. The summed E-state index contributed by atoms with van der Waals surface area (Å²) in [5.74, 6) is -1.86. The second-order valence-corrected chi connectivity index (χ2v) is 6.64. The number of aromatic carboxylic acids is 1. The summed E-state index contributed by atoms with van der Waals surface area (Å²) < 4.78 is 13.3. The number of nitrogens with one attached hydrogen (secondary N) is 3. The van der Waals surface area contributed by atoms with Crippen molar-refractivity contribution in [2.24, 2.45) is 5.92 Å². The molecular weight excluding hydrogens is 337 g/mol. The second kappa shape index (κ2) is 6.51. The zero-order chi connectivity index (χ0) is 18.3. The van der Waals surface area contributed by atoms with Crippen molar-refractivity contribution in [2.45, 2.75) is 24.5 Å². The lowest BCUT2D eigenvalue weighted by atomic mass is 9.73. The summed E-state index contributed by atoms with van der Waals surface area (Å²) in [7, 11) is 0. The van der Waals surface area contributed by atoms with Crippen molar-refractivity contribution in [3.8, 4) is 0 Å². The largest absolute Gasteiger partial charge is 0.478 e. The van der Waals surface area contributed by atoms with Crippen LogP contribution in [0.4, 0.5) is 4.39 Å². The van der Waals surface area contributed by atoms with Gasteiger partial charge in [-0.15, -0.1) is 0 Å². The second-order valence-electron chi connectivity index (χ2n) is 6.64. The monoisotopic (exact) mass is 355 g/mol. The molecule has 0 bridgehead atoms. The van der Waals surface area contributed by atoms with E-state index in [4.69, 9.17) is 0 Å². The number of hydrogen-bond donors (Lipinski definition) is 4. The standard InChI is InChI=1S/C19H18FN3O3/c20-11-7-5-10(6-8-11)17-16-14(9-15(24)21-18(16)23-22-17)12-3-1-2-4-13(12)19(25)26/h1-8,14,16-18,22-23H,9H2,(H,21,24)(H,25,26). The molecule has 4 atom stereocenters. The van der Waals surface area contributed by atoms with Crippen molar-refractivity contribution in [2.75, 3.05) is 0 Å². The van der Waals surface area contributed by atoms with E-state index in [2.05, 4.69) is 16.2 Å². The van der Waals surface area contributed by atoms with E-state index < -0.39 is 5.97 Å². The fourth-order valence-corrected chi connectivity index (χ4v) is 4.04. The van der Waals surface area contributed by atoms with E-state index >= 15 is 0 Å². The quantitative estimate of drug-likeness (QED) is 0.675. The van der Waals surface area contributed by atoms with E-state index in [1.165, 1.54) is 12.1 Å². The Morgan fingerprint density at radius 1 is 1.08 bits per heavy atom. The Morgan fingerprint density at radius 3 is 2.54 bits per heavy atom. The van der Waals surface area contributed by atoms with Gasteiger partial charge in [-0.3, -0.25) is 4.79 Å². The summed E-state index contributed by atoms with van der Waals surface area (Å²) in [6, 6.07) is 12.8. The van der Waals surface area contributed by atoms with Crippen LogP contribution in [0, 0.1) is 11.7 Å². The maximum absolute atomic E-state index is 13.3. The molecule has 0 radical (unpaired) electrons. The molecule has 7 heteroatoms. The Labute approximate surface area is 149 Å². The van der Waals surface area contributed by atoms with Gasteiger partial charge in [-0.05, 0) is 29.3 Å².